The van der Waals surface area contributed by atoms with Crippen molar-refractivity contribution in [2.45, 2.75) is 31.0 Å². The van der Waals surface area contributed by atoms with E-state index in [4.69, 9.17) is 5.73 Å². The van der Waals surface area contributed by atoms with Crippen LogP contribution in [0.5, 0.6) is 0 Å². The average molecular weight is 252 g/mol. The molecule has 1 fully saturated rings. The smallest absolute Gasteiger partial charge is 0.0579 e. The van der Waals surface area contributed by atoms with Gasteiger partial charge in [0.15, 0.2) is 0 Å². The Bertz CT molecular complexity index is 470. The molecule has 2 atom stereocenters. The number of rotatable bonds is 4. The summed E-state index contributed by atoms with van der Waals surface area (Å²) in [5.74, 6) is 0. The SMILES string of the molecule is N[C@@H]1CC[C@H]1NC(c1ccccc1)c1ccccc1. The molecule has 0 aliphatic heterocycles. The van der Waals surface area contributed by atoms with Gasteiger partial charge in [0.1, 0.15) is 0 Å². The highest BCUT2D eigenvalue weighted by Gasteiger charge is 2.30. The van der Waals surface area contributed by atoms with Gasteiger partial charge in [-0.2, -0.15) is 0 Å². The van der Waals surface area contributed by atoms with Crippen molar-refractivity contribution in [2.24, 2.45) is 5.73 Å². The quantitative estimate of drug-likeness (QED) is 0.878. The van der Waals surface area contributed by atoms with Gasteiger partial charge < -0.3 is 11.1 Å². The van der Waals surface area contributed by atoms with E-state index in [1.165, 1.54) is 17.5 Å². The summed E-state index contributed by atoms with van der Waals surface area (Å²) >= 11 is 0. The van der Waals surface area contributed by atoms with Crippen molar-refractivity contribution < 1.29 is 0 Å². The summed E-state index contributed by atoms with van der Waals surface area (Å²) in [7, 11) is 0. The molecule has 2 heteroatoms. The van der Waals surface area contributed by atoms with Crippen molar-refractivity contribution in [3.05, 3.63) is 71.8 Å². The van der Waals surface area contributed by atoms with Crippen LogP contribution in [0.2, 0.25) is 0 Å². The van der Waals surface area contributed by atoms with E-state index >= 15 is 0 Å². The van der Waals surface area contributed by atoms with E-state index in [2.05, 4.69) is 66.0 Å². The van der Waals surface area contributed by atoms with E-state index < -0.39 is 0 Å². The molecule has 0 spiro atoms. The van der Waals surface area contributed by atoms with Gasteiger partial charge in [0.2, 0.25) is 0 Å². The molecule has 0 heterocycles. The molecule has 0 aromatic heterocycles. The van der Waals surface area contributed by atoms with Crippen LogP contribution < -0.4 is 11.1 Å². The Balaban J connectivity index is 1.87. The average Bonchev–Trinajstić information content (AvgIpc) is 2.48. The normalized spacial score (nSPS) is 22.2. The van der Waals surface area contributed by atoms with Crippen molar-refractivity contribution in [3.63, 3.8) is 0 Å². The third kappa shape index (κ3) is 2.70. The van der Waals surface area contributed by atoms with Crippen LogP contribution >= 0.6 is 0 Å². The van der Waals surface area contributed by atoms with E-state index in [0.29, 0.717) is 12.1 Å². The molecular weight excluding hydrogens is 232 g/mol. The monoisotopic (exact) mass is 252 g/mol. The highest BCUT2D eigenvalue weighted by molar-refractivity contribution is 5.32. The lowest BCUT2D eigenvalue weighted by molar-refractivity contribution is 0.271. The summed E-state index contributed by atoms with van der Waals surface area (Å²) in [5, 5.41) is 3.71. The zero-order valence-corrected chi connectivity index (χ0v) is 11.0. The molecule has 0 radical (unpaired) electrons. The van der Waals surface area contributed by atoms with Gasteiger partial charge in [-0.25, -0.2) is 0 Å². The predicted molar refractivity (Wildman–Crippen MR) is 78.9 cm³/mol. The molecule has 2 nitrogen and oxygen atoms in total. The van der Waals surface area contributed by atoms with Crippen LogP contribution in [0.15, 0.2) is 60.7 Å². The molecule has 0 saturated heterocycles. The van der Waals surface area contributed by atoms with E-state index in [0.717, 1.165) is 6.42 Å². The minimum absolute atomic E-state index is 0.235. The highest BCUT2D eigenvalue weighted by Crippen LogP contribution is 2.27. The third-order valence-electron chi connectivity index (χ3n) is 3.97. The Morgan fingerprint density at radius 3 is 1.74 bits per heavy atom. The standard InChI is InChI=1S/C17H20N2/c18-15-11-12-16(15)19-17(13-7-3-1-4-8-13)14-9-5-2-6-10-14/h1-10,15-17,19H,11-12,18H2/t15-,16-/m1/s1. The molecule has 1 aliphatic carbocycles. The summed E-state index contributed by atoms with van der Waals surface area (Å²) in [6.45, 7) is 0. The van der Waals surface area contributed by atoms with Crippen molar-refractivity contribution in [2.75, 3.05) is 0 Å². The first kappa shape index (κ1) is 12.4. The van der Waals surface area contributed by atoms with Gasteiger partial charge in [-0.05, 0) is 24.0 Å². The number of benzene rings is 2. The lowest BCUT2D eigenvalue weighted by Crippen LogP contribution is -2.53. The lowest BCUT2D eigenvalue weighted by Gasteiger charge is -2.37. The maximum atomic E-state index is 6.06. The minimum atomic E-state index is 0.235. The fraction of sp³-hybridized carbons (Fsp3) is 0.294. The van der Waals surface area contributed by atoms with Crippen LogP contribution in [0, 0.1) is 0 Å². The maximum absolute atomic E-state index is 6.06. The zero-order chi connectivity index (χ0) is 13.1. The number of nitrogens with two attached hydrogens (primary N) is 1. The Morgan fingerprint density at radius 1 is 0.842 bits per heavy atom. The van der Waals surface area contributed by atoms with Crippen LogP contribution in [-0.2, 0) is 0 Å². The van der Waals surface area contributed by atoms with E-state index in [-0.39, 0.29) is 6.04 Å². The van der Waals surface area contributed by atoms with Gasteiger partial charge in [0, 0.05) is 12.1 Å². The Hall–Kier alpha value is -1.64. The van der Waals surface area contributed by atoms with Crippen LogP contribution in [0.25, 0.3) is 0 Å². The largest absolute Gasteiger partial charge is 0.326 e. The van der Waals surface area contributed by atoms with Gasteiger partial charge in [-0.15, -0.1) is 0 Å². The molecule has 3 N–H and O–H groups in total. The number of nitrogens with one attached hydrogen (secondary N) is 1. The molecular formula is C17H20N2. The van der Waals surface area contributed by atoms with Gasteiger partial charge in [0.25, 0.3) is 0 Å². The number of hydrogen-bond donors (Lipinski definition) is 2. The summed E-state index contributed by atoms with van der Waals surface area (Å²) < 4.78 is 0. The van der Waals surface area contributed by atoms with Crippen molar-refractivity contribution in [1.82, 2.24) is 5.32 Å². The molecule has 0 amide bonds. The lowest BCUT2D eigenvalue weighted by atomic mass is 9.85. The molecule has 3 rings (SSSR count). The second-order valence-corrected chi connectivity index (χ2v) is 5.27. The molecule has 98 valence electrons. The van der Waals surface area contributed by atoms with Crippen molar-refractivity contribution >= 4 is 0 Å². The molecule has 0 bridgehead atoms. The molecule has 0 unspecified atom stereocenters. The summed E-state index contributed by atoms with van der Waals surface area (Å²) in [4.78, 5) is 0. The first-order chi connectivity index (χ1) is 9.34. The molecule has 1 aliphatic rings. The summed E-state index contributed by atoms with van der Waals surface area (Å²) in [6, 6.07) is 22.1. The minimum Gasteiger partial charge on any atom is -0.326 e. The fourth-order valence-electron chi connectivity index (χ4n) is 2.62. The van der Waals surface area contributed by atoms with E-state index in [9.17, 15) is 0 Å². The summed E-state index contributed by atoms with van der Waals surface area (Å²) in [5.41, 5.74) is 8.66. The van der Waals surface area contributed by atoms with E-state index in [1.54, 1.807) is 0 Å². The first-order valence-corrected chi connectivity index (χ1v) is 6.96. The van der Waals surface area contributed by atoms with Crippen molar-refractivity contribution in [3.8, 4) is 0 Å². The first-order valence-electron chi connectivity index (χ1n) is 6.96. The van der Waals surface area contributed by atoms with Gasteiger partial charge in [0.05, 0.1) is 6.04 Å². The van der Waals surface area contributed by atoms with Crippen molar-refractivity contribution in [1.29, 1.82) is 0 Å². The molecule has 1 saturated carbocycles. The molecule has 19 heavy (non-hydrogen) atoms. The molecule has 2 aromatic rings. The maximum Gasteiger partial charge on any atom is 0.0579 e. The zero-order valence-electron chi connectivity index (χ0n) is 11.0. The second kappa shape index (κ2) is 5.55. The Morgan fingerprint density at radius 2 is 1.37 bits per heavy atom. The van der Waals surface area contributed by atoms with Crippen LogP contribution in [-0.4, -0.2) is 12.1 Å². The highest BCUT2D eigenvalue weighted by atomic mass is 15.0. The Labute approximate surface area is 114 Å². The van der Waals surface area contributed by atoms with E-state index in [1.807, 2.05) is 0 Å². The molecule has 2 aromatic carbocycles. The van der Waals surface area contributed by atoms with Crippen LogP contribution in [0.3, 0.4) is 0 Å². The topological polar surface area (TPSA) is 38.0 Å². The van der Waals surface area contributed by atoms with Gasteiger partial charge in [-0.3, -0.25) is 0 Å². The van der Waals surface area contributed by atoms with Gasteiger partial charge >= 0.3 is 0 Å². The summed E-state index contributed by atoms with van der Waals surface area (Å²) in [6.07, 6.45) is 2.31. The van der Waals surface area contributed by atoms with Crippen LogP contribution in [0.4, 0.5) is 0 Å². The van der Waals surface area contributed by atoms with Crippen LogP contribution in [0.1, 0.15) is 30.0 Å². The Kier molecular flexibility index (Phi) is 3.62. The van der Waals surface area contributed by atoms with Gasteiger partial charge in [-0.1, -0.05) is 60.7 Å². The number of hydrogen-bond acceptors (Lipinski definition) is 2. The third-order valence-corrected chi connectivity index (χ3v) is 3.97. The predicted octanol–water partition coefficient (Wildman–Crippen LogP) is 2.86. The second-order valence-electron chi connectivity index (χ2n) is 5.27. The fourth-order valence-corrected chi connectivity index (χ4v) is 2.62.